The van der Waals surface area contributed by atoms with Gasteiger partial charge >= 0.3 is 0 Å². The second-order valence-corrected chi connectivity index (χ2v) is 4.08. The van der Waals surface area contributed by atoms with Gasteiger partial charge in [-0.3, -0.25) is 0 Å². The summed E-state index contributed by atoms with van der Waals surface area (Å²) in [5.74, 6) is 2.03. The van der Waals surface area contributed by atoms with Crippen molar-refractivity contribution in [2.75, 3.05) is 19.6 Å². The van der Waals surface area contributed by atoms with Gasteiger partial charge in [-0.15, -0.1) is 0 Å². The standard InChI is InChI=1S/C11H13N5O/c1-2-16-6-8(7-16)11-14-10(15-17-11)9-12-4-3-5-13-9/h3-5,8H,2,6-7H2,1H3. The molecule has 0 unspecified atom stereocenters. The predicted molar refractivity (Wildman–Crippen MR) is 60.2 cm³/mol. The van der Waals surface area contributed by atoms with Crippen LogP contribution in [0.3, 0.4) is 0 Å². The normalized spacial score (nSPS) is 17.0. The molecule has 1 aliphatic rings. The summed E-state index contributed by atoms with van der Waals surface area (Å²) in [6.07, 6.45) is 3.33. The van der Waals surface area contributed by atoms with Gasteiger partial charge in [-0.1, -0.05) is 12.1 Å². The van der Waals surface area contributed by atoms with Crippen LogP contribution < -0.4 is 0 Å². The lowest BCUT2D eigenvalue weighted by molar-refractivity contribution is 0.132. The van der Waals surface area contributed by atoms with Crippen LogP contribution in [0.4, 0.5) is 0 Å². The van der Waals surface area contributed by atoms with Gasteiger partial charge in [-0.25, -0.2) is 9.97 Å². The molecule has 0 atom stereocenters. The Morgan fingerprint density at radius 1 is 1.29 bits per heavy atom. The number of aromatic nitrogens is 4. The molecule has 1 saturated heterocycles. The Bertz CT molecular complexity index is 492. The molecule has 2 aromatic heterocycles. The van der Waals surface area contributed by atoms with E-state index in [0.29, 0.717) is 23.5 Å². The third-order valence-corrected chi connectivity index (χ3v) is 2.96. The van der Waals surface area contributed by atoms with Crippen LogP contribution in [0.25, 0.3) is 11.6 Å². The molecule has 1 fully saturated rings. The zero-order valence-corrected chi connectivity index (χ0v) is 9.58. The van der Waals surface area contributed by atoms with Crippen LogP contribution in [0.2, 0.25) is 0 Å². The molecule has 0 saturated carbocycles. The van der Waals surface area contributed by atoms with E-state index < -0.39 is 0 Å². The van der Waals surface area contributed by atoms with Gasteiger partial charge in [0, 0.05) is 25.5 Å². The Kier molecular flexibility index (Phi) is 2.56. The van der Waals surface area contributed by atoms with Gasteiger partial charge in [0.25, 0.3) is 0 Å². The van der Waals surface area contributed by atoms with Gasteiger partial charge in [-0.2, -0.15) is 4.98 Å². The number of hydrogen-bond acceptors (Lipinski definition) is 6. The monoisotopic (exact) mass is 231 g/mol. The summed E-state index contributed by atoms with van der Waals surface area (Å²) < 4.78 is 5.25. The Hall–Kier alpha value is -1.82. The van der Waals surface area contributed by atoms with Crippen molar-refractivity contribution in [1.29, 1.82) is 0 Å². The van der Waals surface area contributed by atoms with Crippen molar-refractivity contribution in [2.45, 2.75) is 12.8 Å². The molecular formula is C11H13N5O. The van der Waals surface area contributed by atoms with Crippen molar-refractivity contribution >= 4 is 0 Å². The maximum absolute atomic E-state index is 5.25. The van der Waals surface area contributed by atoms with Crippen LogP contribution in [-0.2, 0) is 0 Å². The molecule has 0 amide bonds. The van der Waals surface area contributed by atoms with Gasteiger partial charge in [0.05, 0.1) is 5.92 Å². The molecule has 3 heterocycles. The lowest BCUT2D eigenvalue weighted by atomic mass is 10.0. The highest BCUT2D eigenvalue weighted by atomic mass is 16.5. The predicted octanol–water partition coefficient (Wildman–Crippen LogP) is 0.946. The topological polar surface area (TPSA) is 67.9 Å². The summed E-state index contributed by atoms with van der Waals surface area (Å²) in [6.45, 7) is 5.20. The molecule has 6 nitrogen and oxygen atoms in total. The third-order valence-electron chi connectivity index (χ3n) is 2.96. The average Bonchev–Trinajstić information content (AvgIpc) is 2.78. The van der Waals surface area contributed by atoms with Crippen LogP contribution in [0.5, 0.6) is 0 Å². The first-order valence-corrected chi connectivity index (χ1v) is 5.70. The third kappa shape index (κ3) is 1.91. The van der Waals surface area contributed by atoms with Crippen molar-refractivity contribution < 1.29 is 4.52 Å². The van der Waals surface area contributed by atoms with Crippen molar-refractivity contribution in [3.63, 3.8) is 0 Å². The number of hydrogen-bond donors (Lipinski definition) is 0. The van der Waals surface area contributed by atoms with E-state index in [1.165, 1.54) is 0 Å². The van der Waals surface area contributed by atoms with Crippen LogP contribution >= 0.6 is 0 Å². The van der Waals surface area contributed by atoms with E-state index in [9.17, 15) is 0 Å². The quantitative estimate of drug-likeness (QED) is 0.783. The molecule has 17 heavy (non-hydrogen) atoms. The Morgan fingerprint density at radius 2 is 2.06 bits per heavy atom. The molecule has 2 aromatic rings. The van der Waals surface area contributed by atoms with E-state index in [1.807, 2.05) is 0 Å². The smallest absolute Gasteiger partial charge is 0.240 e. The van der Waals surface area contributed by atoms with Gasteiger partial charge < -0.3 is 9.42 Å². The highest BCUT2D eigenvalue weighted by Gasteiger charge is 2.31. The first kappa shape index (κ1) is 10.3. The SMILES string of the molecule is CCN1CC(c2nc(-c3ncccn3)no2)C1. The maximum atomic E-state index is 5.25. The van der Waals surface area contributed by atoms with E-state index in [0.717, 1.165) is 19.6 Å². The van der Waals surface area contributed by atoms with E-state index in [4.69, 9.17) is 4.52 Å². The lowest BCUT2D eigenvalue weighted by Gasteiger charge is -2.35. The first-order chi connectivity index (χ1) is 8.36. The molecule has 3 rings (SSSR count). The molecule has 0 radical (unpaired) electrons. The van der Waals surface area contributed by atoms with E-state index >= 15 is 0 Å². The fourth-order valence-corrected chi connectivity index (χ4v) is 1.89. The summed E-state index contributed by atoms with van der Waals surface area (Å²) in [6, 6.07) is 1.76. The fraction of sp³-hybridized carbons (Fsp3) is 0.455. The van der Waals surface area contributed by atoms with Crippen molar-refractivity contribution in [1.82, 2.24) is 25.0 Å². The maximum Gasteiger partial charge on any atom is 0.240 e. The second-order valence-electron chi connectivity index (χ2n) is 4.08. The number of likely N-dealkylation sites (tertiary alicyclic amines) is 1. The minimum atomic E-state index is 0.361. The molecular weight excluding hydrogens is 218 g/mol. The highest BCUT2D eigenvalue weighted by molar-refractivity contribution is 5.40. The van der Waals surface area contributed by atoms with Gasteiger partial charge in [0.1, 0.15) is 0 Å². The summed E-state index contributed by atoms with van der Waals surface area (Å²) in [4.78, 5) is 14.8. The Labute approximate surface area is 98.7 Å². The van der Waals surface area contributed by atoms with Gasteiger partial charge in [0.15, 0.2) is 0 Å². The zero-order valence-electron chi connectivity index (χ0n) is 9.58. The molecule has 0 N–H and O–H groups in total. The molecule has 88 valence electrons. The van der Waals surface area contributed by atoms with Crippen LogP contribution in [0, 0.1) is 0 Å². The number of likely N-dealkylation sites (N-methyl/N-ethyl adjacent to an activating group) is 1. The summed E-state index contributed by atoms with van der Waals surface area (Å²) in [7, 11) is 0. The van der Waals surface area contributed by atoms with Crippen molar-refractivity contribution in [3.05, 3.63) is 24.4 Å². The van der Waals surface area contributed by atoms with Gasteiger partial charge in [0.2, 0.25) is 17.5 Å². The summed E-state index contributed by atoms with van der Waals surface area (Å²) in [5.41, 5.74) is 0. The van der Waals surface area contributed by atoms with E-state index in [2.05, 4.69) is 31.9 Å². The molecule has 1 aliphatic heterocycles. The van der Waals surface area contributed by atoms with E-state index in [-0.39, 0.29) is 0 Å². The number of nitrogens with zero attached hydrogens (tertiary/aromatic N) is 5. The molecule has 0 bridgehead atoms. The summed E-state index contributed by atoms with van der Waals surface area (Å²) in [5, 5.41) is 3.91. The van der Waals surface area contributed by atoms with E-state index in [1.54, 1.807) is 18.5 Å². The van der Waals surface area contributed by atoms with Crippen LogP contribution in [0.1, 0.15) is 18.7 Å². The van der Waals surface area contributed by atoms with Crippen LogP contribution in [0.15, 0.2) is 23.0 Å². The van der Waals surface area contributed by atoms with Crippen LogP contribution in [-0.4, -0.2) is 44.6 Å². The Balaban J connectivity index is 1.76. The van der Waals surface area contributed by atoms with Crippen molar-refractivity contribution in [2.24, 2.45) is 0 Å². The molecule has 0 aliphatic carbocycles. The highest BCUT2D eigenvalue weighted by Crippen LogP contribution is 2.26. The first-order valence-electron chi connectivity index (χ1n) is 5.70. The largest absolute Gasteiger partial charge is 0.338 e. The minimum absolute atomic E-state index is 0.361. The minimum Gasteiger partial charge on any atom is -0.338 e. The second kappa shape index (κ2) is 4.21. The molecule has 6 heteroatoms. The van der Waals surface area contributed by atoms with Gasteiger partial charge in [-0.05, 0) is 12.6 Å². The number of rotatable bonds is 3. The average molecular weight is 231 g/mol. The molecule has 0 aromatic carbocycles. The fourth-order valence-electron chi connectivity index (χ4n) is 1.89. The molecule has 0 spiro atoms. The summed E-state index contributed by atoms with van der Waals surface area (Å²) >= 11 is 0. The van der Waals surface area contributed by atoms with Crippen molar-refractivity contribution in [3.8, 4) is 11.6 Å². The zero-order chi connectivity index (χ0) is 11.7. The Morgan fingerprint density at radius 3 is 2.76 bits per heavy atom. The lowest BCUT2D eigenvalue weighted by Crippen LogP contribution is -2.44.